The second kappa shape index (κ2) is 7.08. The van der Waals surface area contributed by atoms with Crippen molar-refractivity contribution in [3.05, 3.63) is 30.3 Å². The summed E-state index contributed by atoms with van der Waals surface area (Å²) in [7, 11) is 2.91. The van der Waals surface area contributed by atoms with E-state index in [2.05, 4.69) is 0 Å². The van der Waals surface area contributed by atoms with Gasteiger partial charge in [-0.15, -0.1) is 0 Å². The Bertz CT molecular complexity index is 482. The summed E-state index contributed by atoms with van der Waals surface area (Å²) in [5, 5.41) is 1.14. The molecule has 6 heteroatoms. The van der Waals surface area contributed by atoms with Crippen molar-refractivity contribution >= 4 is 17.7 Å². The standard InChI is InChI=1S/C15H22N2O4/c1-15(2,3)21-14(19)16(4)11-13(18)17(20-5)12-9-7-6-8-10-12/h6-10H,11H2,1-5H3. The van der Waals surface area contributed by atoms with Gasteiger partial charge < -0.3 is 9.64 Å². The maximum atomic E-state index is 12.2. The molecule has 2 amide bonds. The molecule has 0 bridgehead atoms. The summed E-state index contributed by atoms with van der Waals surface area (Å²) in [6.45, 7) is 5.17. The van der Waals surface area contributed by atoms with Gasteiger partial charge in [-0.3, -0.25) is 9.63 Å². The van der Waals surface area contributed by atoms with Gasteiger partial charge in [0.25, 0.3) is 5.91 Å². The quantitative estimate of drug-likeness (QED) is 0.800. The maximum Gasteiger partial charge on any atom is 0.410 e. The molecule has 116 valence electrons. The molecule has 0 radical (unpaired) electrons. The predicted molar refractivity (Wildman–Crippen MR) is 79.8 cm³/mol. The van der Waals surface area contributed by atoms with Crippen molar-refractivity contribution in [1.29, 1.82) is 0 Å². The molecular formula is C15H22N2O4. The molecule has 0 atom stereocenters. The fourth-order valence-electron chi connectivity index (χ4n) is 1.59. The lowest BCUT2D eigenvalue weighted by Gasteiger charge is -2.26. The molecule has 0 spiro atoms. The molecule has 0 aliphatic heterocycles. The molecule has 1 aromatic carbocycles. The van der Waals surface area contributed by atoms with E-state index in [0.717, 1.165) is 5.06 Å². The predicted octanol–water partition coefficient (Wildman–Crippen LogP) is 2.45. The molecule has 1 aromatic rings. The van der Waals surface area contributed by atoms with E-state index >= 15 is 0 Å². The molecule has 0 fully saturated rings. The minimum atomic E-state index is -0.602. The molecule has 0 saturated heterocycles. The van der Waals surface area contributed by atoms with Crippen LogP contribution in [0.2, 0.25) is 0 Å². The van der Waals surface area contributed by atoms with Crippen LogP contribution in [0.5, 0.6) is 0 Å². The number of carbonyl (C=O) groups excluding carboxylic acids is 2. The fourth-order valence-corrected chi connectivity index (χ4v) is 1.59. The molecule has 0 N–H and O–H groups in total. The van der Waals surface area contributed by atoms with E-state index in [0.29, 0.717) is 5.69 Å². The van der Waals surface area contributed by atoms with E-state index in [1.54, 1.807) is 45.0 Å². The third-order valence-electron chi connectivity index (χ3n) is 2.48. The van der Waals surface area contributed by atoms with Crippen molar-refractivity contribution in [1.82, 2.24) is 4.90 Å². The summed E-state index contributed by atoms with van der Waals surface area (Å²) in [5.74, 6) is -0.364. The molecule has 0 saturated carbocycles. The first-order chi connectivity index (χ1) is 9.74. The van der Waals surface area contributed by atoms with Crippen molar-refractivity contribution < 1.29 is 19.2 Å². The van der Waals surface area contributed by atoms with Crippen LogP contribution >= 0.6 is 0 Å². The minimum absolute atomic E-state index is 0.141. The molecule has 0 aliphatic rings. The number of amides is 2. The Kier molecular flexibility index (Phi) is 5.72. The maximum absolute atomic E-state index is 12.2. The highest BCUT2D eigenvalue weighted by Gasteiger charge is 2.24. The topological polar surface area (TPSA) is 59.1 Å². The number of hydroxylamine groups is 1. The molecule has 0 heterocycles. The average Bonchev–Trinajstić information content (AvgIpc) is 2.38. The Balaban J connectivity index is 2.68. The molecule has 1 rings (SSSR count). The van der Waals surface area contributed by atoms with Crippen LogP contribution in [0.3, 0.4) is 0 Å². The molecular weight excluding hydrogens is 272 g/mol. The molecule has 0 aromatic heterocycles. The number of para-hydroxylation sites is 1. The molecule has 6 nitrogen and oxygen atoms in total. The summed E-state index contributed by atoms with van der Waals surface area (Å²) in [6.07, 6.45) is -0.556. The highest BCUT2D eigenvalue weighted by Crippen LogP contribution is 2.14. The fraction of sp³-hybridized carbons (Fsp3) is 0.467. The Morgan fingerprint density at radius 1 is 1.14 bits per heavy atom. The van der Waals surface area contributed by atoms with Crippen molar-refractivity contribution in [3.8, 4) is 0 Å². The van der Waals surface area contributed by atoms with E-state index in [9.17, 15) is 9.59 Å². The van der Waals surface area contributed by atoms with Crippen LogP contribution in [0, 0.1) is 0 Å². The van der Waals surface area contributed by atoms with Crippen molar-refractivity contribution in [2.24, 2.45) is 0 Å². The number of hydrogen-bond donors (Lipinski definition) is 0. The monoisotopic (exact) mass is 294 g/mol. The third kappa shape index (κ3) is 5.43. The normalized spacial score (nSPS) is 10.9. The van der Waals surface area contributed by atoms with Gasteiger partial charge in [0.05, 0.1) is 12.8 Å². The zero-order chi connectivity index (χ0) is 16.0. The minimum Gasteiger partial charge on any atom is -0.444 e. The Hall–Kier alpha value is -2.08. The average molecular weight is 294 g/mol. The summed E-state index contributed by atoms with van der Waals surface area (Å²) >= 11 is 0. The largest absolute Gasteiger partial charge is 0.444 e. The second-order valence-electron chi connectivity index (χ2n) is 5.54. The van der Waals surface area contributed by atoms with Crippen LogP contribution in [0.15, 0.2) is 30.3 Å². The number of rotatable bonds is 4. The first kappa shape index (κ1) is 17.0. The van der Waals surface area contributed by atoms with Gasteiger partial charge in [0.1, 0.15) is 12.1 Å². The summed E-state index contributed by atoms with van der Waals surface area (Å²) in [6, 6.07) is 8.93. The van der Waals surface area contributed by atoms with Gasteiger partial charge in [0.2, 0.25) is 0 Å². The van der Waals surface area contributed by atoms with E-state index in [-0.39, 0.29) is 12.5 Å². The van der Waals surface area contributed by atoms with E-state index in [1.807, 2.05) is 6.07 Å². The SMILES string of the molecule is CON(C(=O)CN(C)C(=O)OC(C)(C)C)c1ccccc1. The number of likely N-dealkylation sites (N-methyl/N-ethyl adjacent to an activating group) is 1. The number of nitrogens with zero attached hydrogens (tertiary/aromatic N) is 2. The zero-order valence-corrected chi connectivity index (χ0v) is 13.1. The van der Waals surface area contributed by atoms with Crippen LogP contribution in [0.25, 0.3) is 0 Å². The van der Waals surface area contributed by atoms with Gasteiger partial charge in [-0.2, -0.15) is 5.06 Å². The number of hydrogen-bond acceptors (Lipinski definition) is 4. The van der Waals surface area contributed by atoms with Gasteiger partial charge >= 0.3 is 6.09 Å². The first-order valence-electron chi connectivity index (χ1n) is 6.61. The van der Waals surface area contributed by atoms with Crippen LogP contribution < -0.4 is 5.06 Å². The van der Waals surface area contributed by atoms with Crippen molar-refractivity contribution in [2.45, 2.75) is 26.4 Å². The lowest BCUT2D eigenvalue weighted by Crippen LogP contribution is -2.42. The molecule has 0 aliphatic carbocycles. The van der Waals surface area contributed by atoms with Gasteiger partial charge in [-0.25, -0.2) is 4.79 Å². The van der Waals surface area contributed by atoms with Crippen molar-refractivity contribution in [2.75, 3.05) is 25.8 Å². The smallest absolute Gasteiger partial charge is 0.410 e. The Morgan fingerprint density at radius 3 is 2.19 bits per heavy atom. The lowest BCUT2D eigenvalue weighted by atomic mass is 10.2. The summed E-state index contributed by atoms with van der Waals surface area (Å²) in [4.78, 5) is 30.3. The van der Waals surface area contributed by atoms with E-state index < -0.39 is 11.7 Å². The highest BCUT2D eigenvalue weighted by molar-refractivity contribution is 5.94. The van der Waals surface area contributed by atoms with Gasteiger partial charge in [0.15, 0.2) is 0 Å². The third-order valence-corrected chi connectivity index (χ3v) is 2.48. The van der Waals surface area contributed by atoms with Crippen molar-refractivity contribution in [3.63, 3.8) is 0 Å². The van der Waals surface area contributed by atoms with Gasteiger partial charge in [0, 0.05) is 7.05 Å². The van der Waals surface area contributed by atoms with Crippen LogP contribution in [0.1, 0.15) is 20.8 Å². The molecule has 0 unspecified atom stereocenters. The van der Waals surface area contributed by atoms with Gasteiger partial charge in [-0.05, 0) is 32.9 Å². The first-order valence-corrected chi connectivity index (χ1v) is 6.61. The van der Waals surface area contributed by atoms with E-state index in [4.69, 9.17) is 9.57 Å². The summed E-state index contributed by atoms with van der Waals surface area (Å²) in [5.41, 5.74) is -0.00280. The van der Waals surface area contributed by atoms with Crippen LogP contribution in [-0.4, -0.2) is 43.2 Å². The number of anilines is 1. The number of carbonyl (C=O) groups is 2. The highest BCUT2D eigenvalue weighted by atomic mass is 16.7. The van der Waals surface area contributed by atoms with Crippen LogP contribution in [-0.2, 0) is 14.4 Å². The molecule has 21 heavy (non-hydrogen) atoms. The Morgan fingerprint density at radius 2 is 1.71 bits per heavy atom. The van der Waals surface area contributed by atoms with Gasteiger partial charge in [-0.1, -0.05) is 18.2 Å². The second-order valence-corrected chi connectivity index (χ2v) is 5.54. The lowest BCUT2D eigenvalue weighted by molar-refractivity contribution is -0.125. The number of ether oxygens (including phenoxy) is 1. The zero-order valence-electron chi connectivity index (χ0n) is 13.1. The number of benzene rings is 1. The summed E-state index contributed by atoms with van der Waals surface area (Å²) < 4.78 is 5.19. The van der Waals surface area contributed by atoms with Crippen LogP contribution in [0.4, 0.5) is 10.5 Å². The van der Waals surface area contributed by atoms with E-state index in [1.165, 1.54) is 19.1 Å². The Labute approximate surface area is 125 Å².